The van der Waals surface area contributed by atoms with E-state index in [4.69, 9.17) is 16.3 Å². The Labute approximate surface area is 175 Å². The number of aryl methyl sites for hydroxylation is 1. The number of aromatic nitrogens is 1. The summed E-state index contributed by atoms with van der Waals surface area (Å²) in [6, 6.07) is 2.40. The van der Waals surface area contributed by atoms with Crippen LogP contribution in [0, 0.1) is 0 Å². The largest absolute Gasteiger partial charge is 0.385 e. The predicted octanol–water partition coefficient (Wildman–Crippen LogP) is 5.72. The second-order valence-electron chi connectivity index (χ2n) is 7.62. The summed E-state index contributed by atoms with van der Waals surface area (Å²) < 4.78 is 5.13. The van der Waals surface area contributed by atoms with Crippen LogP contribution in [-0.4, -0.2) is 35.5 Å². The summed E-state index contributed by atoms with van der Waals surface area (Å²) in [5.74, 6) is 0.189. The Morgan fingerprint density at radius 2 is 2.11 bits per heavy atom. The molecule has 156 valence electrons. The molecule has 0 radical (unpaired) electrons. The van der Waals surface area contributed by atoms with Gasteiger partial charge in [-0.3, -0.25) is 9.78 Å². The summed E-state index contributed by atoms with van der Waals surface area (Å²) >= 11 is 6.43. The van der Waals surface area contributed by atoms with E-state index in [2.05, 4.69) is 31.0 Å². The molecule has 0 saturated heterocycles. The summed E-state index contributed by atoms with van der Waals surface area (Å²) in [6.45, 7) is 5.57. The molecular formula is C23H35ClN2O2. The van der Waals surface area contributed by atoms with E-state index < -0.39 is 0 Å². The van der Waals surface area contributed by atoms with Crippen molar-refractivity contribution in [2.24, 2.45) is 0 Å². The van der Waals surface area contributed by atoms with Gasteiger partial charge < -0.3 is 9.64 Å². The third-order valence-electron chi connectivity index (χ3n) is 5.14. The van der Waals surface area contributed by atoms with Crippen molar-refractivity contribution in [3.63, 3.8) is 0 Å². The molecule has 2 rings (SSSR count). The molecule has 4 nitrogen and oxygen atoms in total. The van der Waals surface area contributed by atoms with Crippen LogP contribution in [0.4, 0.5) is 0 Å². The maximum absolute atomic E-state index is 13.3. The van der Waals surface area contributed by atoms with Gasteiger partial charge in [0.15, 0.2) is 0 Å². The lowest BCUT2D eigenvalue weighted by Crippen LogP contribution is -2.34. The van der Waals surface area contributed by atoms with E-state index in [0.29, 0.717) is 17.6 Å². The van der Waals surface area contributed by atoms with Crippen molar-refractivity contribution >= 4 is 17.5 Å². The zero-order chi connectivity index (χ0) is 20.4. The van der Waals surface area contributed by atoms with Gasteiger partial charge in [-0.15, -0.1) is 0 Å². The molecule has 1 amide bonds. The van der Waals surface area contributed by atoms with E-state index in [1.54, 1.807) is 13.3 Å². The number of methoxy groups -OCH3 is 1. The van der Waals surface area contributed by atoms with Gasteiger partial charge in [0.25, 0.3) is 0 Å². The minimum absolute atomic E-state index is 0.189. The lowest BCUT2D eigenvalue weighted by atomic mass is 10.0. The third kappa shape index (κ3) is 7.21. The monoisotopic (exact) mass is 406 g/mol. The normalized spacial score (nSPS) is 14.4. The Morgan fingerprint density at radius 1 is 1.32 bits per heavy atom. The Hall–Kier alpha value is -1.39. The highest BCUT2D eigenvalue weighted by molar-refractivity contribution is 6.31. The van der Waals surface area contributed by atoms with E-state index in [1.165, 1.54) is 12.8 Å². The van der Waals surface area contributed by atoms with Gasteiger partial charge in [0.2, 0.25) is 5.91 Å². The molecule has 1 fully saturated rings. The first-order valence-electron chi connectivity index (χ1n) is 10.7. The highest BCUT2D eigenvalue weighted by atomic mass is 35.5. The van der Waals surface area contributed by atoms with Crippen molar-refractivity contribution in [2.45, 2.75) is 84.2 Å². The van der Waals surface area contributed by atoms with Crippen LogP contribution in [0.25, 0.3) is 0 Å². The van der Waals surface area contributed by atoms with Crippen LogP contribution in [0.5, 0.6) is 0 Å². The first-order chi connectivity index (χ1) is 13.6. The number of rotatable bonds is 13. The Balaban J connectivity index is 2.12. The molecule has 0 spiro atoms. The Bertz CT molecular complexity index is 656. The van der Waals surface area contributed by atoms with E-state index in [-0.39, 0.29) is 5.91 Å². The summed E-state index contributed by atoms with van der Waals surface area (Å²) in [5.41, 5.74) is 2.97. The van der Waals surface area contributed by atoms with Gasteiger partial charge >= 0.3 is 0 Å². The highest BCUT2D eigenvalue weighted by Gasteiger charge is 2.34. The van der Waals surface area contributed by atoms with E-state index in [9.17, 15) is 4.79 Å². The standard InChI is InChI=1S/C23H35ClN2O2/c1-4-6-7-10-18(9-5-2)23(27)26(21-12-13-21)17-19-15-20(11-8-14-28-3)25-16-22(19)24/h9,15-16,21H,4-8,10-14,17H2,1-3H3. The molecule has 1 aromatic heterocycles. The molecule has 1 aliphatic carbocycles. The molecule has 1 aromatic rings. The van der Waals surface area contributed by atoms with Crippen molar-refractivity contribution < 1.29 is 9.53 Å². The fraction of sp³-hybridized carbons (Fsp3) is 0.652. The van der Waals surface area contributed by atoms with Gasteiger partial charge in [0, 0.05) is 43.8 Å². The zero-order valence-electron chi connectivity index (χ0n) is 17.7. The van der Waals surface area contributed by atoms with Crippen LogP contribution >= 0.6 is 11.6 Å². The van der Waals surface area contributed by atoms with Crippen molar-refractivity contribution in [3.05, 3.63) is 40.2 Å². The van der Waals surface area contributed by atoms with Crippen LogP contribution < -0.4 is 0 Å². The molecule has 1 heterocycles. The number of nitrogens with zero attached hydrogens (tertiary/aromatic N) is 2. The molecule has 0 unspecified atom stereocenters. The third-order valence-corrected chi connectivity index (χ3v) is 5.48. The maximum Gasteiger partial charge on any atom is 0.250 e. The average molecular weight is 407 g/mol. The Kier molecular flexibility index (Phi) is 10.0. The molecule has 0 bridgehead atoms. The van der Waals surface area contributed by atoms with Gasteiger partial charge in [-0.1, -0.05) is 44.4 Å². The summed E-state index contributed by atoms with van der Waals surface area (Å²) in [6.07, 6.45) is 13.0. The average Bonchev–Trinajstić information content (AvgIpc) is 3.52. The fourth-order valence-electron chi connectivity index (χ4n) is 3.41. The van der Waals surface area contributed by atoms with Crippen LogP contribution in [0.15, 0.2) is 23.9 Å². The molecule has 0 atom stereocenters. The van der Waals surface area contributed by atoms with Crippen LogP contribution in [0.3, 0.4) is 0 Å². The summed E-state index contributed by atoms with van der Waals surface area (Å²) in [4.78, 5) is 19.8. The fourth-order valence-corrected chi connectivity index (χ4v) is 3.58. The number of hydrogen-bond donors (Lipinski definition) is 0. The van der Waals surface area contributed by atoms with Gasteiger partial charge in [-0.25, -0.2) is 0 Å². The molecule has 28 heavy (non-hydrogen) atoms. The second kappa shape index (κ2) is 12.2. The lowest BCUT2D eigenvalue weighted by Gasteiger charge is -2.25. The van der Waals surface area contributed by atoms with Gasteiger partial charge in [0.1, 0.15) is 0 Å². The summed E-state index contributed by atoms with van der Waals surface area (Å²) in [5, 5.41) is 0.640. The number of pyridine rings is 1. The number of carbonyl (C=O) groups is 1. The van der Waals surface area contributed by atoms with Crippen LogP contribution in [0.2, 0.25) is 5.02 Å². The number of carbonyl (C=O) groups excluding carboxylic acids is 1. The molecule has 5 heteroatoms. The second-order valence-corrected chi connectivity index (χ2v) is 8.03. The molecule has 0 N–H and O–H groups in total. The number of allylic oxidation sites excluding steroid dienone is 1. The topological polar surface area (TPSA) is 42.4 Å². The van der Waals surface area contributed by atoms with Crippen molar-refractivity contribution in [2.75, 3.05) is 13.7 Å². The molecule has 0 aliphatic heterocycles. The number of halogens is 1. The van der Waals surface area contributed by atoms with Gasteiger partial charge in [-0.2, -0.15) is 0 Å². The van der Waals surface area contributed by atoms with E-state index in [0.717, 1.165) is 68.4 Å². The number of hydrogen-bond acceptors (Lipinski definition) is 3. The van der Waals surface area contributed by atoms with Gasteiger partial charge in [-0.05, 0) is 56.6 Å². The number of amides is 1. The smallest absolute Gasteiger partial charge is 0.250 e. The molecule has 1 aliphatic rings. The molecule has 0 aromatic carbocycles. The van der Waals surface area contributed by atoms with Crippen molar-refractivity contribution in [3.8, 4) is 0 Å². The quantitative estimate of drug-likeness (QED) is 0.310. The minimum Gasteiger partial charge on any atom is -0.385 e. The molecule has 1 saturated carbocycles. The summed E-state index contributed by atoms with van der Waals surface area (Å²) in [7, 11) is 1.71. The first-order valence-corrected chi connectivity index (χ1v) is 11.1. The first kappa shape index (κ1) is 22.9. The lowest BCUT2D eigenvalue weighted by molar-refractivity contribution is -0.128. The highest BCUT2D eigenvalue weighted by Crippen LogP contribution is 2.32. The zero-order valence-corrected chi connectivity index (χ0v) is 18.4. The SMILES string of the molecule is CCC=C(CCCCC)C(=O)N(Cc1cc(CCCOC)ncc1Cl)C1CC1. The number of ether oxygens (including phenoxy) is 1. The molecular weight excluding hydrogens is 372 g/mol. The Morgan fingerprint density at radius 3 is 2.75 bits per heavy atom. The minimum atomic E-state index is 0.189. The van der Waals surface area contributed by atoms with Crippen LogP contribution in [-0.2, 0) is 22.5 Å². The predicted molar refractivity (Wildman–Crippen MR) is 116 cm³/mol. The van der Waals surface area contributed by atoms with Crippen LogP contribution in [0.1, 0.15) is 76.5 Å². The maximum atomic E-state index is 13.3. The van der Waals surface area contributed by atoms with Crippen molar-refractivity contribution in [1.82, 2.24) is 9.88 Å². The van der Waals surface area contributed by atoms with E-state index >= 15 is 0 Å². The van der Waals surface area contributed by atoms with Crippen molar-refractivity contribution in [1.29, 1.82) is 0 Å². The van der Waals surface area contributed by atoms with E-state index in [1.807, 2.05) is 4.90 Å². The van der Waals surface area contributed by atoms with Gasteiger partial charge in [0.05, 0.1) is 5.02 Å². The number of unbranched alkanes of at least 4 members (excludes halogenated alkanes) is 2.